The maximum atomic E-state index is 12.9. The van der Waals surface area contributed by atoms with Gasteiger partial charge in [-0.15, -0.1) is 0 Å². The zero-order valence-electron chi connectivity index (χ0n) is 45.9. The standard InChI is InChI=1S/C65H106O6/c1-4-7-10-13-16-19-22-25-28-31-33-35-37-40-43-46-49-52-55-58-64(67)70-61-62(60-69-63(66)57-54-51-48-45-42-39-36-30-27-24-21-18-15-12-9-6-3)71-65(68)59-56-53-50-47-44-41-38-34-32-29-26-23-20-17-14-11-8-5-2/h7,9-10,12,16-21,23,25-30,32,34,38,62H,4-6,8,11,13-15,22,24,31,33,35-37,39-61H2,1-3H3/b10-7-,12-9-,19-16-,20-17-,21-18-,26-23-,28-25-,30-27-,32-29-,38-34-. The van der Waals surface area contributed by atoms with E-state index in [9.17, 15) is 14.4 Å². The van der Waals surface area contributed by atoms with Crippen LogP contribution >= 0.6 is 0 Å². The van der Waals surface area contributed by atoms with Gasteiger partial charge in [0.05, 0.1) is 0 Å². The SMILES string of the molecule is CC/C=C\C/C=C\C/C=C\CCCCCCCCCCCC(=O)OCC(COC(=O)CCCCCCCC/C=C\C/C=C\C/C=C\CC)OC(=O)CCCCCCC\C=C/C=C\C=C/C=C\CCCCC. The molecule has 0 radical (unpaired) electrons. The molecule has 0 aliphatic heterocycles. The van der Waals surface area contributed by atoms with Gasteiger partial charge >= 0.3 is 17.9 Å². The monoisotopic (exact) mass is 983 g/mol. The summed E-state index contributed by atoms with van der Waals surface area (Å²) >= 11 is 0. The third-order valence-electron chi connectivity index (χ3n) is 12.0. The Morgan fingerprint density at radius 1 is 0.310 bits per heavy atom. The molecule has 0 aromatic carbocycles. The number of rotatable bonds is 51. The van der Waals surface area contributed by atoms with E-state index in [1.807, 2.05) is 0 Å². The molecule has 0 saturated heterocycles. The van der Waals surface area contributed by atoms with E-state index in [4.69, 9.17) is 14.2 Å². The lowest BCUT2D eigenvalue weighted by Gasteiger charge is -2.18. The van der Waals surface area contributed by atoms with E-state index in [0.29, 0.717) is 19.3 Å². The van der Waals surface area contributed by atoms with Gasteiger partial charge in [-0.25, -0.2) is 0 Å². The number of esters is 3. The highest BCUT2D eigenvalue weighted by Gasteiger charge is 2.19. The number of hydrogen-bond donors (Lipinski definition) is 0. The lowest BCUT2D eigenvalue weighted by Crippen LogP contribution is -2.30. The van der Waals surface area contributed by atoms with Crippen molar-refractivity contribution in [3.63, 3.8) is 0 Å². The van der Waals surface area contributed by atoms with E-state index in [1.54, 1.807) is 0 Å². The van der Waals surface area contributed by atoms with E-state index >= 15 is 0 Å². The smallest absolute Gasteiger partial charge is 0.306 e. The molecule has 0 bridgehead atoms. The second-order valence-electron chi connectivity index (χ2n) is 18.9. The van der Waals surface area contributed by atoms with Gasteiger partial charge < -0.3 is 14.2 Å². The molecule has 71 heavy (non-hydrogen) atoms. The number of hydrogen-bond acceptors (Lipinski definition) is 6. The summed E-state index contributed by atoms with van der Waals surface area (Å²) < 4.78 is 16.9. The van der Waals surface area contributed by atoms with Crippen molar-refractivity contribution in [3.05, 3.63) is 122 Å². The van der Waals surface area contributed by atoms with Crippen LogP contribution in [0.1, 0.15) is 252 Å². The van der Waals surface area contributed by atoms with Crippen LogP contribution in [0, 0.1) is 0 Å². The Hall–Kier alpha value is -4.19. The van der Waals surface area contributed by atoms with Gasteiger partial charge in [-0.05, 0) is 109 Å². The van der Waals surface area contributed by atoms with E-state index in [-0.39, 0.29) is 31.1 Å². The summed E-state index contributed by atoms with van der Waals surface area (Å²) in [7, 11) is 0. The summed E-state index contributed by atoms with van der Waals surface area (Å²) in [6.07, 6.45) is 80.3. The summed E-state index contributed by atoms with van der Waals surface area (Å²) in [6.45, 7) is 6.35. The molecule has 0 aromatic heterocycles. The number of unbranched alkanes of at least 4 members (excludes halogenated alkanes) is 23. The van der Waals surface area contributed by atoms with E-state index in [0.717, 1.165) is 135 Å². The Morgan fingerprint density at radius 2 is 0.606 bits per heavy atom. The van der Waals surface area contributed by atoms with Gasteiger partial charge in [-0.3, -0.25) is 14.4 Å². The molecule has 0 heterocycles. The predicted molar refractivity (Wildman–Crippen MR) is 306 cm³/mol. The van der Waals surface area contributed by atoms with Gasteiger partial charge in [-0.1, -0.05) is 245 Å². The Kier molecular flexibility index (Phi) is 54.9. The molecule has 0 saturated carbocycles. The summed E-state index contributed by atoms with van der Waals surface area (Å²) in [6, 6.07) is 0. The molecule has 6 heteroatoms. The zero-order chi connectivity index (χ0) is 51.4. The topological polar surface area (TPSA) is 78.9 Å². The first kappa shape index (κ1) is 66.8. The van der Waals surface area contributed by atoms with Crippen LogP contribution in [0.3, 0.4) is 0 Å². The molecule has 1 atom stereocenters. The molecule has 0 fully saturated rings. The molecule has 0 amide bonds. The Balaban J connectivity index is 4.48. The highest BCUT2D eigenvalue weighted by atomic mass is 16.6. The molecule has 1 unspecified atom stereocenters. The average molecular weight is 984 g/mol. The minimum absolute atomic E-state index is 0.0979. The number of allylic oxidation sites excluding steroid dienone is 20. The third kappa shape index (κ3) is 56.6. The quantitative estimate of drug-likeness (QED) is 0.0199. The van der Waals surface area contributed by atoms with Gasteiger partial charge in [0.2, 0.25) is 0 Å². The van der Waals surface area contributed by atoms with Crippen molar-refractivity contribution < 1.29 is 28.6 Å². The summed E-state index contributed by atoms with van der Waals surface area (Å²) in [5.74, 6) is -0.939. The van der Waals surface area contributed by atoms with Crippen LogP contribution < -0.4 is 0 Å². The number of carbonyl (C=O) groups excluding carboxylic acids is 3. The third-order valence-corrected chi connectivity index (χ3v) is 12.0. The van der Waals surface area contributed by atoms with Crippen LogP contribution in [0.5, 0.6) is 0 Å². The number of carbonyl (C=O) groups is 3. The summed E-state index contributed by atoms with van der Waals surface area (Å²) in [4.78, 5) is 38.2. The van der Waals surface area contributed by atoms with Crippen LogP contribution in [0.15, 0.2) is 122 Å². The zero-order valence-corrected chi connectivity index (χ0v) is 45.9. The van der Waals surface area contributed by atoms with Crippen molar-refractivity contribution >= 4 is 17.9 Å². The largest absolute Gasteiger partial charge is 0.462 e. The van der Waals surface area contributed by atoms with E-state index in [1.165, 1.54) is 77.0 Å². The molecule has 0 rings (SSSR count). The molecule has 6 nitrogen and oxygen atoms in total. The molecule has 0 N–H and O–H groups in total. The second kappa shape index (κ2) is 58.4. The first-order valence-electron chi connectivity index (χ1n) is 29.1. The molecule has 0 spiro atoms. The first-order chi connectivity index (χ1) is 35.0. The Morgan fingerprint density at radius 3 is 0.986 bits per heavy atom. The first-order valence-corrected chi connectivity index (χ1v) is 29.1. The summed E-state index contributed by atoms with van der Waals surface area (Å²) in [5.41, 5.74) is 0. The lowest BCUT2D eigenvalue weighted by atomic mass is 10.1. The average Bonchev–Trinajstić information content (AvgIpc) is 3.37. The van der Waals surface area contributed by atoms with Crippen LogP contribution in [-0.2, 0) is 28.6 Å². The molecule has 0 aliphatic rings. The van der Waals surface area contributed by atoms with E-state index < -0.39 is 6.10 Å². The summed E-state index contributed by atoms with van der Waals surface area (Å²) in [5, 5.41) is 0. The van der Waals surface area contributed by atoms with Gasteiger partial charge in [-0.2, -0.15) is 0 Å². The highest BCUT2D eigenvalue weighted by Crippen LogP contribution is 2.15. The van der Waals surface area contributed by atoms with Crippen molar-refractivity contribution in [2.75, 3.05) is 13.2 Å². The van der Waals surface area contributed by atoms with Crippen LogP contribution in [0.4, 0.5) is 0 Å². The van der Waals surface area contributed by atoms with Crippen molar-refractivity contribution in [1.82, 2.24) is 0 Å². The fourth-order valence-electron chi connectivity index (χ4n) is 7.72. The highest BCUT2D eigenvalue weighted by molar-refractivity contribution is 5.71. The van der Waals surface area contributed by atoms with Crippen LogP contribution in [0.25, 0.3) is 0 Å². The van der Waals surface area contributed by atoms with Gasteiger partial charge in [0.15, 0.2) is 6.10 Å². The van der Waals surface area contributed by atoms with Crippen molar-refractivity contribution in [3.8, 4) is 0 Å². The molecule has 402 valence electrons. The predicted octanol–water partition coefficient (Wildman–Crippen LogP) is 19.6. The van der Waals surface area contributed by atoms with Gasteiger partial charge in [0, 0.05) is 19.3 Å². The van der Waals surface area contributed by atoms with E-state index in [2.05, 4.69) is 142 Å². The fraction of sp³-hybridized carbons (Fsp3) is 0.646. The van der Waals surface area contributed by atoms with Gasteiger partial charge in [0.1, 0.15) is 13.2 Å². The lowest BCUT2D eigenvalue weighted by molar-refractivity contribution is -0.167. The van der Waals surface area contributed by atoms with Crippen LogP contribution in [-0.4, -0.2) is 37.2 Å². The van der Waals surface area contributed by atoms with Crippen molar-refractivity contribution in [2.24, 2.45) is 0 Å². The maximum Gasteiger partial charge on any atom is 0.306 e. The molecule has 0 aromatic rings. The molecular weight excluding hydrogens is 877 g/mol. The number of ether oxygens (including phenoxy) is 3. The normalized spacial score (nSPS) is 13.0. The second-order valence-corrected chi connectivity index (χ2v) is 18.9. The fourth-order valence-corrected chi connectivity index (χ4v) is 7.72. The minimum Gasteiger partial charge on any atom is -0.462 e. The van der Waals surface area contributed by atoms with Crippen LogP contribution in [0.2, 0.25) is 0 Å². The molecule has 0 aliphatic carbocycles. The maximum absolute atomic E-state index is 12.9. The Labute approximate surface area is 437 Å². The van der Waals surface area contributed by atoms with Gasteiger partial charge in [0.25, 0.3) is 0 Å². The van der Waals surface area contributed by atoms with Crippen molar-refractivity contribution in [2.45, 2.75) is 258 Å². The Bertz CT molecular complexity index is 1500. The minimum atomic E-state index is -0.803. The molecular formula is C65H106O6. The van der Waals surface area contributed by atoms with Crippen molar-refractivity contribution in [1.29, 1.82) is 0 Å².